The number of aliphatic hydroxyl groups excluding tert-OH is 1. The number of rotatable bonds is 4. The highest BCUT2D eigenvalue weighted by Crippen LogP contribution is 2.31. The third-order valence-corrected chi connectivity index (χ3v) is 3.86. The van der Waals surface area contributed by atoms with Crippen LogP contribution in [0.15, 0.2) is 24.3 Å². The van der Waals surface area contributed by atoms with E-state index in [0.717, 1.165) is 31.8 Å². The molecular weight excluding hydrogens is 267 g/mol. The largest absolute Gasteiger partial charge is 0.416 e. The average Bonchev–Trinajstić information content (AvgIpc) is 2.90. The van der Waals surface area contributed by atoms with Gasteiger partial charge in [-0.15, -0.1) is 0 Å². The number of aliphatic hydroxyl groups is 1. The summed E-state index contributed by atoms with van der Waals surface area (Å²) in [6.07, 6.45) is -2.69. The number of hydrogen-bond donors (Lipinski definition) is 1. The van der Waals surface area contributed by atoms with Crippen LogP contribution in [0.25, 0.3) is 0 Å². The van der Waals surface area contributed by atoms with Crippen molar-refractivity contribution in [2.24, 2.45) is 5.92 Å². The van der Waals surface area contributed by atoms with Crippen LogP contribution in [0.4, 0.5) is 13.2 Å². The van der Waals surface area contributed by atoms with Crippen molar-refractivity contribution >= 4 is 0 Å². The first-order chi connectivity index (χ1) is 9.38. The lowest BCUT2D eigenvalue weighted by Gasteiger charge is -2.24. The van der Waals surface area contributed by atoms with E-state index < -0.39 is 17.8 Å². The Labute approximate surface area is 117 Å². The molecule has 0 amide bonds. The van der Waals surface area contributed by atoms with E-state index in [1.54, 1.807) is 0 Å². The first-order valence-electron chi connectivity index (χ1n) is 6.95. The van der Waals surface area contributed by atoms with E-state index >= 15 is 0 Å². The van der Waals surface area contributed by atoms with Gasteiger partial charge in [-0.25, -0.2) is 0 Å². The fraction of sp³-hybridized carbons (Fsp3) is 0.600. The summed E-state index contributed by atoms with van der Waals surface area (Å²) in [7, 11) is 0. The molecule has 0 unspecified atom stereocenters. The van der Waals surface area contributed by atoms with Crippen LogP contribution >= 0.6 is 0 Å². The molecule has 0 aliphatic carbocycles. The first-order valence-corrected chi connectivity index (χ1v) is 6.95. The van der Waals surface area contributed by atoms with Gasteiger partial charge in [0.15, 0.2) is 0 Å². The van der Waals surface area contributed by atoms with Crippen LogP contribution in [0.3, 0.4) is 0 Å². The molecule has 1 aromatic rings. The van der Waals surface area contributed by atoms with Crippen molar-refractivity contribution in [1.29, 1.82) is 0 Å². The van der Waals surface area contributed by atoms with E-state index in [1.165, 1.54) is 25.0 Å². The molecular formula is C15H20F3NO. The lowest BCUT2D eigenvalue weighted by Crippen LogP contribution is -2.28. The van der Waals surface area contributed by atoms with Crippen LogP contribution in [-0.2, 0) is 6.18 Å². The van der Waals surface area contributed by atoms with Gasteiger partial charge >= 0.3 is 6.18 Å². The highest BCUT2D eigenvalue weighted by molar-refractivity contribution is 5.26. The first kappa shape index (κ1) is 15.3. The Morgan fingerprint density at radius 3 is 2.20 bits per heavy atom. The SMILES string of the molecule is C[C@H](CN1CCCC1)[C@@H](O)c1ccc(C(F)(F)F)cc1. The molecule has 5 heteroatoms. The minimum atomic E-state index is -4.33. The summed E-state index contributed by atoms with van der Waals surface area (Å²) in [6.45, 7) is 4.80. The maximum absolute atomic E-state index is 12.5. The standard InChI is InChI=1S/C15H20F3NO/c1-11(10-19-8-2-3-9-19)14(20)12-4-6-13(7-5-12)15(16,17)18/h4-7,11,14,20H,2-3,8-10H2,1H3/t11-,14-/m1/s1. The summed E-state index contributed by atoms with van der Waals surface area (Å²) in [6, 6.07) is 4.80. The van der Waals surface area contributed by atoms with Crippen LogP contribution in [-0.4, -0.2) is 29.6 Å². The Morgan fingerprint density at radius 2 is 1.70 bits per heavy atom. The number of likely N-dealkylation sites (tertiary alicyclic amines) is 1. The molecule has 20 heavy (non-hydrogen) atoms. The van der Waals surface area contributed by atoms with Gasteiger partial charge in [0.1, 0.15) is 0 Å². The van der Waals surface area contributed by atoms with Gasteiger partial charge < -0.3 is 10.0 Å². The molecule has 0 saturated carbocycles. The molecule has 1 fully saturated rings. The van der Waals surface area contributed by atoms with Gasteiger partial charge in [0.25, 0.3) is 0 Å². The molecule has 1 aromatic carbocycles. The molecule has 0 radical (unpaired) electrons. The normalized spacial score (nSPS) is 20.1. The van der Waals surface area contributed by atoms with Crippen molar-refractivity contribution in [2.75, 3.05) is 19.6 Å². The van der Waals surface area contributed by atoms with Crippen molar-refractivity contribution < 1.29 is 18.3 Å². The third kappa shape index (κ3) is 3.73. The van der Waals surface area contributed by atoms with Crippen LogP contribution in [0.5, 0.6) is 0 Å². The van der Waals surface area contributed by atoms with Gasteiger partial charge in [-0.2, -0.15) is 13.2 Å². The lowest BCUT2D eigenvalue weighted by atomic mass is 9.96. The molecule has 2 nitrogen and oxygen atoms in total. The molecule has 0 aromatic heterocycles. The summed E-state index contributed by atoms with van der Waals surface area (Å²) < 4.78 is 37.4. The highest BCUT2D eigenvalue weighted by atomic mass is 19.4. The molecule has 1 N–H and O–H groups in total. The fourth-order valence-electron chi connectivity index (χ4n) is 2.67. The number of alkyl halides is 3. The van der Waals surface area contributed by atoms with E-state index in [-0.39, 0.29) is 5.92 Å². The lowest BCUT2D eigenvalue weighted by molar-refractivity contribution is -0.137. The quantitative estimate of drug-likeness (QED) is 0.916. The third-order valence-electron chi connectivity index (χ3n) is 3.86. The minimum Gasteiger partial charge on any atom is -0.388 e. The van der Waals surface area contributed by atoms with E-state index in [1.807, 2.05) is 6.92 Å². The number of benzene rings is 1. The van der Waals surface area contributed by atoms with Crippen LogP contribution in [0.1, 0.15) is 37.0 Å². The van der Waals surface area contributed by atoms with Crippen LogP contribution in [0, 0.1) is 5.92 Å². The smallest absolute Gasteiger partial charge is 0.388 e. The van der Waals surface area contributed by atoms with Crippen molar-refractivity contribution in [3.8, 4) is 0 Å². The Morgan fingerprint density at radius 1 is 1.15 bits per heavy atom. The van der Waals surface area contributed by atoms with Gasteiger partial charge in [-0.3, -0.25) is 0 Å². The minimum absolute atomic E-state index is 0.00448. The van der Waals surface area contributed by atoms with Crippen molar-refractivity contribution in [3.05, 3.63) is 35.4 Å². The molecule has 112 valence electrons. The van der Waals surface area contributed by atoms with Crippen LogP contribution < -0.4 is 0 Å². The van der Waals surface area contributed by atoms with Crippen molar-refractivity contribution in [2.45, 2.75) is 32.0 Å². The van der Waals surface area contributed by atoms with Crippen LogP contribution in [0.2, 0.25) is 0 Å². The zero-order valence-electron chi connectivity index (χ0n) is 11.5. The van der Waals surface area contributed by atoms with E-state index in [0.29, 0.717) is 5.56 Å². The maximum Gasteiger partial charge on any atom is 0.416 e. The van der Waals surface area contributed by atoms with Crippen molar-refractivity contribution in [3.63, 3.8) is 0 Å². The van der Waals surface area contributed by atoms with Gasteiger partial charge in [0.2, 0.25) is 0 Å². The second kappa shape index (κ2) is 6.14. The molecule has 0 bridgehead atoms. The predicted octanol–water partition coefficient (Wildman–Crippen LogP) is 3.47. The molecule has 1 aliphatic heterocycles. The Kier molecular flexibility index (Phi) is 4.70. The molecule has 2 rings (SSSR count). The summed E-state index contributed by atoms with van der Waals surface area (Å²) >= 11 is 0. The van der Waals surface area contributed by atoms with E-state index in [4.69, 9.17) is 0 Å². The summed E-state index contributed by atoms with van der Waals surface area (Å²) in [5.74, 6) is 0.00448. The molecule has 1 aliphatic rings. The average molecular weight is 287 g/mol. The van der Waals surface area contributed by atoms with Crippen molar-refractivity contribution in [1.82, 2.24) is 4.90 Å². The fourth-order valence-corrected chi connectivity index (χ4v) is 2.67. The summed E-state index contributed by atoms with van der Waals surface area (Å²) in [5, 5.41) is 10.2. The zero-order valence-corrected chi connectivity index (χ0v) is 11.5. The topological polar surface area (TPSA) is 23.5 Å². The zero-order chi connectivity index (χ0) is 14.8. The second-order valence-electron chi connectivity index (χ2n) is 5.55. The van der Waals surface area contributed by atoms with Gasteiger partial charge in [-0.05, 0) is 49.5 Å². The molecule has 1 saturated heterocycles. The Bertz CT molecular complexity index is 424. The molecule has 1 heterocycles. The predicted molar refractivity (Wildman–Crippen MR) is 71.2 cm³/mol. The van der Waals surface area contributed by atoms with Gasteiger partial charge in [0.05, 0.1) is 11.7 Å². The van der Waals surface area contributed by atoms with E-state index in [9.17, 15) is 18.3 Å². The highest BCUT2D eigenvalue weighted by Gasteiger charge is 2.30. The monoisotopic (exact) mass is 287 g/mol. The molecule has 0 spiro atoms. The number of hydrogen-bond acceptors (Lipinski definition) is 2. The maximum atomic E-state index is 12.5. The number of nitrogens with zero attached hydrogens (tertiary/aromatic N) is 1. The summed E-state index contributed by atoms with van der Waals surface area (Å²) in [5.41, 5.74) is -0.134. The molecule has 2 atom stereocenters. The Hall–Kier alpha value is -1.07. The summed E-state index contributed by atoms with van der Waals surface area (Å²) in [4.78, 5) is 2.29. The van der Waals surface area contributed by atoms with Gasteiger partial charge in [0, 0.05) is 6.54 Å². The Balaban J connectivity index is 1.99. The second-order valence-corrected chi connectivity index (χ2v) is 5.55. The number of halogens is 3. The van der Waals surface area contributed by atoms with E-state index in [2.05, 4.69) is 4.90 Å². The van der Waals surface area contributed by atoms with Gasteiger partial charge in [-0.1, -0.05) is 19.1 Å².